The van der Waals surface area contributed by atoms with Crippen molar-refractivity contribution in [1.82, 2.24) is 20.2 Å². The molecule has 1 rings (SSSR count). The van der Waals surface area contributed by atoms with Gasteiger partial charge < -0.3 is 15.2 Å². The van der Waals surface area contributed by atoms with Gasteiger partial charge in [-0.1, -0.05) is 20.8 Å². The molecule has 0 radical (unpaired) electrons. The van der Waals surface area contributed by atoms with Crippen molar-refractivity contribution in [2.45, 2.75) is 46.7 Å². The molecule has 19 heavy (non-hydrogen) atoms. The van der Waals surface area contributed by atoms with E-state index in [-0.39, 0.29) is 11.9 Å². The van der Waals surface area contributed by atoms with Crippen LogP contribution in [0.2, 0.25) is 0 Å². The highest BCUT2D eigenvalue weighted by molar-refractivity contribution is 5.76. The summed E-state index contributed by atoms with van der Waals surface area (Å²) < 4.78 is 1.84. The lowest BCUT2D eigenvalue weighted by atomic mass is 10.1. The van der Waals surface area contributed by atoms with E-state index in [4.69, 9.17) is 0 Å². The van der Waals surface area contributed by atoms with Gasteiger partial charge in [-0.15, -0.1) is 0 Å². The zero-order valence-corrected chi connectivity index (χ0v) is 12.4. The van der Waals surface area contributed by atoms with E-state index in [0.29, 0.717) is 12.5 Å². The Morgan fingerprint density at radius 3 is 2.79 bits per heavy atom. The second-order valence-corrected chi connectivity index (χ2v) is 5.24. The topological polar surface area (TPSA) is 59.0 Å². The SMILES string of the molecule is CCNCCc1cn(CC(=O)NC(C)C(C)C)cn1. The summed E-state index contributed by atoms with van der Waals surface area (Å²) in [7, 11) is 0. The molecule has 1 amide bonds. The van der Waals surface area contributed by atoms with E-state index in [1.54, 1.807) is 6.33 Å². The third kappa shape index (κ3) is 5.87. The van der Waals surface area contributed by atoms with Crippen LogP contribution >= 0.6 is 0 Å². The van der Waals surface area contributed by atoms with Gasteiger partial charge in [-0.05, 0) is 19.4 Å². The molecule has 0 spiro atoms. The highest BCUT2D eigenvalue weighted by atomic mass is 16.2. The first-order valence-corrected chi connectivity index (χ1v) is 7.03. The van der Waals surface area contributed by atoms with Crippen LogP contribution in [0.25, 0.3) is 0 Å². The maximum absolute atomic E-state index is 11.8. The fourth-order valence-corrected chi connectivity index (χ4v) is 1.65. The first-order valence-electron chi connectivity index (χ1n) is 7.03. The molecule has 0 aromatic carbocycles. The van der Waals surface area contributed by atoms with Gasteiger partial charge in [-0.2, -0.15) is 0 Å². The summed E-state index contributed by atoms with van der Waals surface area (Å²) in [6.07, 6.45) is 4.56. The molecule has 1 aromatic heterocycles. The first kappa shape index (κ1) is 15.7. The summed E-state index contributed by atoms with van der Waals surface area (Å²) in [4.78, 5) is 16.1. The second-order valence-electron chi connectivity index (χ2n) is 5.24. The lowest BCUT2D eigenvalue weighted by molar-refractivity contribution is -0.122. The smallest absolute Gasteiger partial charge is 0.240 e. The number of aromatic nitrogens is 2. The number of rotatable bonds is 8. The molecule has 5 heteroatoms. The number of likely N-dealkylation sites (N-methyl/N-ethyl adjacent to an activating group) is 1. The summed E-state index contributed by atoms with van der Waals surface area (Å²) in [5, 5.41) is 6.25. The van der Waals surface area contributed by atoms with Crippen molar-refractivity contribution >= 4 is 5.91 Å². The van der Waals surface area contributed by atoms with Gasteiger partial charge in [-0.25, -0.2) is 4.98 Å². The summed E-state index contributed by atoms with van der Waals surface area (Å²) in [6, 6.07) is 0.198. The van der Waals surface area contributed by atoms with Crippen molar-refractivity contribution < 1.29 is 4.79 Å². The molecule has 0 fully saturated rings. The number of nitrogens with one attached hydrogen (secondary N) is 2. The monoisotopic (exact) mass is 266 g/mol. The van der Waals surface area contributed by atoms with Crippen LogP contribution in [0.15, 0.2) is 12.5 Å². The van der Waals surface area contributed by atoms with Gasteiger partial charge in [0, 0.05) is 25.2 Å². The van der Waals surface area contributed by atoms with Gasteiger partial charge in [0.15, 0.2) is 0 Å². The molecule has 2 N–H and O–H groups in total. The molecule has 1 heterocycles. The maximum Gasteiger partial charge on any atom is 0.240 e. The normalized spacial score (nSPS) is 12.7. The Morgan fingerprint density at radius 2 is 2.16 bits per heavy atom. The largest absolute Gasteiger partial charge is 0.352 e. The fraction of sp³-hybridized carbons (Fsp3) is 0.714. The van der Waals surface area contributed by atoms with Crippen LogP contribution < -0.4 is 10.6 Å². The minimum absolute atomic E-state index is 0.0387. The fourth-order valence-electron chi connectivity index (χ4n) is 1.65. The van der Waals surface area contributed by atoms with Gasteiger partial charge >= 0.3 is 0 Å². The average molecular weight is 266 g/mol. The number of carbonyl (C=O) groups is 1. The number of carbonyl (C=O) groups excluding carboxylic acids is 1. The summed E-state index contributed by atoms with van der Waals surface area (Å²) in [6.45, 7) is 10.5. The van der Waals surface area contributed by atoms with Gasteiger partial charge in [-0.3, -0.25) is 4.79 Å². The number of imidazole rings is 1. The van der Waals surface area contributed by atoms with Gasteiger partial charge in [0.25, 0.3) is 0 Å². The lowest BCUT2D eigenvalue weighted by Crippen LogP contribution is -2.37. The summed E-state index contributed by atoms with van der Waals surface area (Å²) >= 11 is 0. The van der Waals surface area contributed by atoms with Crippen molar-refractivity contribution in [1.29, 1.82) is 0 Å². The highest BCUT2D eigenvalue weighted by Gasteiger charge is 2.11. The first-order chi connectivity index (χ1) is 9.02. The summed E-state index contributed by atoms with van der Waals surface area (Å²) in [5.41, 5.74) is 1.02. The summed E-state index contributed by atoms with van der Waals surface area (Å²) in [5.74, 6) is 0.485. The molecule has 0 aliphatic heterocycles. The second kappa shape index (κ2) is 7.94. The molecule has 0 saturated carbocycles. The highest BCUT2D eigenvalue weighted by Crippen LogP contribution is 2.01. The van der Waals surface area contributed by atoms with Crippen LogP contribution in [0, 0.1) is 5.92 Å². The maximum atomic E-state index is 11.8. The average Bonchev–Trinajstić information content (AvgIpc) is 2.76. The Balaban J connectivity index is 2.38. The minimum Gasteiger partial charge on any atom is -0.352 e. The Hall–Kier alpha value is -1.36. The molecular weight excluding hydrogens is 240 g/mol. The number of amides is 1. The third-order valence-electron chi connectivity index (χ3n) is 3.21. The lowest BCUT2D eigenvalue weighted by Gasteiger charge is -2.17. The minimum atomic E-state index is 0.0387. The van der Waals surface area contributed by atoms with Crippen LogP contribution in [-0.2, 0) is 17.8 Å². The van der Waals surface area contributed by atoms with Crippen molar-refractivity contribution in [3.63, 3.8) is 0 Å². The standard InChI is InChI=1S/C14H26N4O/c1-5-15-7-6-13-8-18(10-16-13)9-14(19)17-12(4)11(2)3/h8,10-12,15H,5-7,9H2,1-4H3,(H,17,19). The molecule has 0 aliphatic rings. The Bertz CT molecular complexity index is 387. The van der Waals surface area contributed by atoms with E-state index in [0.717, 1.165) is 25.2 Å². The molecule has 0 bridgehead atoms. The van der Waals surface area contributed by atoms with Crippen molar-refractivity contribution in [3.8, 4) is 0 Å². The number of hydrogen-bond donors (Lipinski definition) is 2. The van der Waals surface area contributed by atoms with Gasteiger partial charge in [0.05, 0.1) is 12.0 Å². The molecule has 1 unspecified atom stereocenters. The van der Waals surface area contributed by atoms with E-state index in [9.17, 15) is 4.79 Å². The van der Waals surface area contributed by atoms with E-state index >= 15 is 0 Å². The molecule has 0 saturated heterocycles. The third-order valence-corrected chi connectivity index (χ3v) is 3.21. The molecule has 108 valence electrons. The van der Waals surface area contributed by atoms with E-state index in [1.165, 1.54) is 0 Å². The molecule has 0 aliphatic carbocycles. The van der Waals surface area contributed by atoms with Crippen LogP contribution in [0.5, 0.6) is 0 Å². The van der Waals surface area contributed by atoms with E-state index < -0.39 is 0 Å². The van der Waals surface area contributed by atoms with Crippen molar-refractivity contribution in [2.24, 2.45) is 5.92 Å². The predicted molar refractivity (Wildman–Crippen MR) is 76.9 cm³/mol. The Labute approximate surface area is 115 Å². The van der Waals surface area contributed by atoms with Crippen molar-refractivity contribution in [3.05, 3.63) is 18.2 Å². The van der Waals surface area contributed by atoms with E-state index in [1.807, 2.05) is 17.7 Å². The van der Waals surface area contributed by atoms with Crippen LogP contribution in [-0.4, -0.2) is 34.6 Å². The van der Waals surface area contributed by atoms with Crippen LogP contribution in [0.1, 0.15) is 33.4 Å². The van der Waals surface area contributed by atoms with Gasteiger partial charge in [0.2, 0.25) is 5.91 Å². The number of nitrogens with zero attached hydrogens (tertiary/aromatic N) is 2. The van der Waals surface area contributed by atoms with Crippen molar-refractivity contribution in [2.75, 3.05) is 13.1 Å². The zero-order chi connectivity index (χ0) is 14.3. The molecule has 1 atom stereocenters. The van der Waals surface area contributed by atoms with Crippen LogP contribution in [0.4, 0.5) is 0 Å². The predicted octanol–water partition coefficient (Wildman–Crippen LogP) is 1.20. The van der Waals surface area contributed by atoms with Gasteiger partial charge in [0.1, 0.15) is 6.54 Å². The Morgan fingerprint density at radius 1 is 1.42 bits per heavy atom. The molecule has 1 aromatic rings. The molecular formula is C14H26N4O. The quantitative estimate of drug-likeness (QED) is 0.695. The van der Waals surface area contributed by atoms with E-state index in [2.05, 4.69) is 36.4 Å². The zero-order valence-electron chi connectivity index (χ0n) is 12.4. The molecule has 5 nitrogen and oxygen atoms in total. The van der Waals surface area contributed by atoms with Crippen LogP contribution in [0.3, 0.4) is 0 Å². The number of hydrogen-bond acceptors (Lipinski definition) is 3. The Kier molecular flexibility index (Phi) is 6.56.